The van der Waals surface area contributed by atoms with Crippen LogP contribution in [0, 0.1) is 0 Å². The van der Waals surface area contributed by atoms with Gasteiger partial charge in [0.25, 0.3) is 0 Å². The largest absolute Gasteiger partial charge is 0.573 e. The zero-order valence-corrected chi connectivity index (χ0v) is 15.6. The molecule has 0 bridgehead atoms. The highest BCUT2D eigenvalue weighted by Gasteiger charge is 2.32. The molecule has 0 aliphatic heterocycles. The molecule has 0 fully saturated rings. The summed E-state index contributed by atoms with van der Waals surface area (Å²) in [4.78, 5) is 4.00. The van der Waals surface area contributed by atoms with Crippen LogP contribution in [0.15, 0.2) is 54.7 Å². The number of benzene rings is 2. The molecule has 0 radical (unpaired) electrons. The molecule has 1 heterocycles. The van der Waals surface area contributed by atoms with Crippen LogP contribution in [-0.2, 0) is 6.61 Å². The lowest BCUT2D eigenvalue weighted by molar-refractivity contribution is -0.274. The van der Waals surface area contributed by atoms with Crippen molar-refractivity contribution in [3.8, 4) is 22.6 Å². The average molecular weight is 429 g/mol. The first-order valence-corrected chi connectivity index (χ1v) is 8.66. The van der Waals surface area contributed by atoms with E-state index in [1.54, 1.807) is 24.3 Å². The van der Waals surface area contributed by atoms with E-state index in [1.165, 1.54) is 30.5 Å². The molecule has 0 saturated carbocycles. The molecule has 4 nitrogen and oxygen atoms in total. The average Bonchev–Trinajstić information content (AvgIpc) is 2.62. The van der Waals surface area contributed by atoms with E-state index in [-0.39, 0.29) is 29.5 Å². The minimum Gasteiger partial charge on any atom is -0.485 e. The number of rotatable bonds is 5. The molecule has 2 aromatic carbocycles. The van der Waals surface area contributed by atoms with Crippen molar-refractivity contribution in [2.24, 2.45) is 0 Å². The molecular formula is C19H13Cl2F3N2O2. The van der Waals surface area contributed by atoms with Crippen LogP contribution in [0.2, 0.25) is 10.0 Å². The van der Waals surface area contributed by atoms with E-state index in [1.807, 2.05) is 0 Å². The van der Waals surface area contributed by atoms with Gasteiger partial charge in [-0.15, -0.1) is 13.2 Å². The molecule has 0 amide bonds. The van der Waals surface area contributed by atoms with E-state index >= 15 is 0 Å². The van der Waals surface area contributed by atoms with Crippen molar-refractivity contribution in [1.82, 2.24) is 4.98 Å². The first kappa shape index (κ1) is 20.1. The predicted octanol–water partition coefficient (Wildman–Crippen LogP) is 6.12. The van der Waals surface area contributed by atoms with Crippen molar-refractivity contribution in [2.75, 3.05) is 5.73 Å². The molecule has 3 rings (SSSR count). The Kier molecular flexibility index (Phi) is 5.86. The number of para-hydroxylation sites is 1. The third kappa shape index (κ3) is 4.79. The molecular weight excluding hydrogens is 416 g/mol. The molecule has 9 heteroatoms. The highest BCUT2D eigenvalue weighted by Crippen LogP contribution is 2.36. The van der Waals surface area contributed by atoms with Gasteiger partial charge in [-0.05, 0) is 24.3 Å². The third-order valence-corrected chi connectivity index (χ3v) is 4.45. The lowest BCUT2D eigenvalue weighted by atomic mass is 10.1. The second-order valence-corrected chi connectivity index (χ2v) is 6.45. The number of nitrogen functional groups attached to an aromatic ring is 1. The van der Waals surface area contributed by atoms with E-state index in [0.29, 0.717) is 21.2 Å². The van der Waals surface area contributed by atoms with Gasteiger partial charge < -0.3 is 15.2 Å². The van der Waals surface area contributed by atoms with Gasteiger partial charge >= 0.3 is 6.36 Å². The monoisotopic (exact) mass is 428 g/mol. The Morgan fingerprint density at radius 2 is 1.64 bits per heavy atom. The van der Waals surface area contributed by atoms with E-state index < -0.39 is 6.36 Å². The maximum Gasteiger partial charge on any atom is 0.573 e. The summed E-state index contributed by atoms with van der Waals surface area (Å²) < 4.78 is 47.7. The number of hydrogen-bond acceptors (Lipinski definition) is 4. The van der Waals surface area contributed by atoms with Crippen LogP contribution < -0.4 is 15.2 Å². The van der Waals surface area contributed by atoms with Gasteiger partial charge in [-0.1, -0.05) is 47.5 Å². The topological polar surface area (TPSA) is 57.4 Å². The van der Waals surface area contributed by atoms with Gasteiger partial charge in [-0.2, -0.15) is 0 Å². The van der Waals surface area contributed by atoms with Crippen LogP contribution in [0.5, 0.6) is 11.5 Å². The van der Waals surface area contributed by atoms with Crippen molar-refractivity contribution in [3.63, 3.8) is 0 Å². The zero-order valence-electron chi connectivity index (χ0n) is 14.1. The number of alkyl halides is 3. The SMILES string of the molecule is Nc1ncc(-c2ccccc2OC(F)(F)F)cc1OCc1c(Cl)cccc1Cl. The van der Waals surface area contributed by atoms with Crippen molar-refractivity contribution in [2.45, 2.75) is 13.0 Å². The Hall–Kier alpha value is -2.64. The summed E-state index contributed by atoms with van der Waals surface area (Å²) >= 11 is 12.2. The van der Waals surface area contributed by atoms with Gasteiger partial charge in [0, 0.05) is 32.9 Å². The van der Waals surface area contributed by atoms with Crippen molar-refractivity contribution in [1.29, 1.82) is 0 Å². The molecule has 0 aliphatic rings. The summed E-state index contributed by atoms with van der Waals surface area (Å²) in [7, 11) is 0. The Labute approximate surface area is 168 Å². The molecule has 28 heavy (non-hydrogen) atoms. The number of halogens is 5. The molecule has 146 valence electrons. The van der Waals surface area contributed by atoms with E-state index in [0.717, 1.165) is 0 Å². The van der Waals surface area contributed by atoms with Crippen molar-refractivity contribution < 1.29 is 22.6 Å². The Morgan fingerprint density at radius 1 is 0.964 bits per heavy atom. The van der Waals surface area contributed by atoms with Gasteiger partial charge in [-0.3, -0.25) is 0 Å². The molecule has 3 aromatic rings. The third-order valence-electron chi connectivity index (χ3n) is 3.74. The molecule has 0 unspecified atom stereocenters. The van der Waals surface area contributed by atoms with Crippen LogP contribution >= 0.6 is 23.2 Å². The van der Waals surface area contributed by atoms with Crippen LogP contribution in [0.3, 0.4) is 0 Å². The summed E-state index contributed by atoms with van der Waals surface area (Å²) in [5.41, 5.74) is 6.92. The number of aromatic nitrogens is 1. The van der Waals surface area contributed by atoms with Gasteiger partial charge in [0.05, 0.1) is 0 Å². The van der Waals surface area contributed by atoms with Gasteiger partial charge in [-0.25, -0.2) is 4.98 Å². The smallest absolute Gasteiger partial charge is 0.485 e. The molecule has 0 atom stereocenters. The molecule has 1 aromatic heterocycles. The Balaban J connectivity index is 1.91. The highest BCUT2D eigenvalue weighted by atomic mass is 35.5. The first-order valence-electron chi connectivity index (χ1n) is 7.91. The summed E-state index contributed by atoms with van der Waals surface area (Å²) in [5.74, 6) is -0.113. The fourth-order valence-electron chi connectivity index (χ4n) is 2.46. The van der Waals surface area contributed by atoms with Crippen LogP contribution in [-0.4, -0.2) is 11.3 Å². The van der Waals surface area contributed by atoms with Crippen LogP contribution in [0.4, 0.5) is 19.0 Å². The van der Waals surface area contributed by atoms with Crippen molar-refractivity contribution >= 4 is 29.0 Å². The Morgan fingerprint density at radius 3 is 2.32 bits per heavy atom. The number of hydrogen-bond donors (Lipinski definition) is 1. The maximum absolute atomic E-state index is 12.7. The number of anilines is 1. The molecule has 0 spiro atoms. The quantitative estimate of drug-likeness (QED) is 0.531. The van der Waals surface area contributed by atoms with Gasteiger partial charge in [0.2, 0.25) is 0 Å². The zero-order chi connectivity index (χ0) is 20.3. The van der Waals surface area contributed by atoms with Crippen LogP contribution in [0.25, 0.3) is 11.1 Å². The second-order valence-electron chi connectivity index (χ2n) is 5.64. The summed E-state index contributed by atoms with van der Waals surface area (Å²) in [6, 6.07) is 12.2. The van der Waals surface area contributed by atoms with Crippen molar-refractivity contribution in [3.05, 3.63) is 70.3 Å². The number of pyridine rings is 1. The predicted molar refractivity (Wildman–Crippen MR) is 102 cm³/mol. The van der Waals surface area contributed by atoms with E-state index in [9.17, 15) is 13.2 Å². The van der Waals surface area contributed by atoms with E-state index in [4.69, 9.17) is 33.7 Å². The normalized spacial score (nSPS) is 11.3. The summed E-state index contributed by atoms with van der Waals surface area (Å²) in [6.45, 7) is 0.00847. The highest BCUT2D eigenvalue weighted by molar-refractivity contribution is 6.35. The fourth-order valence-corrected chi connectivity index (χ4v) is 2.96. The lowest BCUT2D eigenvalue weighted by Gasteiger charge is -2.15. The standard InChI is InChI=1S/C19H13Cl2F3N2O2/c20-14-5-3-6-15(21)13(14)10-27-17-8-11(9-26-18(17)25)12-4-1-2-7-16(12)28-19(22,23)24/h1-9H,10H2,(H2,25,26). The summed E-state index contributed by atoms with van der Waals surface area (Å²) in [5, 5.41) is 0.832. The minimum absolute atomic E-state index is 0.00847. The lowest BCUT2D eigenvalue weighted by Crippen LogP contribution is -2.17. The van der Waals surface area contributed by atoms with Gasteiger partial charge in [0.15, 0.2) is 11.6 Å². The molecule has 0 aliphatic carbocycles. The molecule has 2 N–H and O–H groups in total. The first-order chi connectivity index (χ1) is 13.2. The minimum atomic E-state index is -4.82. The number of ether oxygens (including phenoxy) is 2. The maximum atomic E-state index is 12.7. The van der Waals surface area contributed by atoms with Gasteiger partial charge in [0.1, 0.15) is 12.4 Å². The number of nitrogens with zero attached hydrogens (tertiary/aromatic N) is 1. The fraction of sp³-hybridized carbons (Fsp3) is 0.105. The second kappa shape index (κ2) is 8.16. The van der Waals surface area contributed by atoms with E-state index in [2.05, 4.69) is 9.72 Å². The molecule has 0 saturated heterocycles. The number of nitrogens with two attached hydrogens (primary N) is 1. The Bertz CT molecular complexity index is 977. The van der Waals surface area contributed by atoms with Crippen LogP contribution in [0.1, 0.15) is 5.56 Å². The summed E-state index contributed by atoms with van der Waals surface area (Å²) in [6.07, 6.45) is -3.49.